The Morgan fingerprint density at radius 2 is 1.68 bits per heavy atom. The van der Waals surface area contributed by atoms with Crippen molar-refractivity contribution in [1.82, 2.24) is 9.97 Å². The third-order valence-corrected chi connectivity index (χ3v) is 6.36. The van der Waals surface area contributed by atoms with Crippen LogP contribution in [0.25, 0.3) is 22.3 Å². The molecule has 0 bridgehead atoms. The number of anilines is 1. The summed E-state index contributed by atoms with van der Waals surface area (Å²) in [6, 6.07) is 15.3. The molecule has 0 aliphatic heterocycles. The predicted octanol–water partition coefficient (Wildman–Crippen LogP) is 4.38. The maximum Gasteiger partial charge on any atom is 0.264 e. The van der Waals surface area contributed by atoms with Gasteiger partial charge in [-0.1, -0.05) is 42.5 Å². The van der Waals surface area contributed by atoms with E-state index in [4.69, 9.17) is 0 Å². The average molecular weight is 409 g/mol. The summed E-state index contributed by atoms with van der Waals surface area (Å²) in [4.78, 5) is 8.18. The van der Waals surface area contributed by atoms with Gasteiger partial charge < -0.3 is 5.11 Å². The van der Waals surface area contributed by atoms with Crippen LogP contribution in [-0.4, -0.2) is 23.5 Å². The zero-order valence-electron chi connectivity index (χ0n) is 14.5. The van der Waals surface area contributed by atoms with Gasteiger partial charge in [0.15, 0.2) is 5.13 Å². The lowest BCUT2D eigenvalue weighted by molar-refractivity contribution is 0.477. The smallest absolute Gasteiger partial charge is 0.264 e. The molecule has 0 atom stereocenters. The first-order chi connectivity index (χ1) is 13.6. The van der Waals surface area contributed by atoms with Crippen LogP contribution in [0, 0.1) is 0 Å². The maximum atomic E-state index is 13.4. The molecule has 0 fully saturated rings. The van der Waals surface area contributed by atoms with Crippen molar-refractivity contribution in [2.75, 3.05) is 4.72 Å². The Hall–Kier alpha value is -3.23. The van der Waals surface area contributed by atoms with Crippen LogP contribution < -0.4 is 4.72 Å². The molecular formula is C20H15N3O3S2. The third kappa shape index (κ3) is 3.47. The molecule has 4 rings (SSSR count). The van der Waals surface area contributed by atoms with Gasteiger partial charge >= 0.3 is 0 Å². The highest BCUT2D eigenvalue weighted by Gasteiger charge is 2.26. The number of nitrogens with zero attached hydrogens (tertiary/aromatic N) is 2. The molecule has 0 radical (unpaired) electrons. The molecular weight excluding hydrogens is 394 g/mol. The van der Waals surface area contributed by atoms with Crippen molar-refractivity contribution in [3.63, 3.8) is 0 Å². The Morgan fingerprint density at radius 3 is 2.39 bits per heavy atom. The number of para-hydroxylation sites is 1. The van der Waals surface area contributed by atoms with Crippen LogP contribution in [0.1, 0.15) is 0 Å². The van der Waals surface area contributed by atoms with Gasteiger partial charge in [0.05, 0.1) is 0 Å². The lowest BCUT2D eigenvalue weighted by Crippen LogP contribution is -2.15. The van der Waals surface area contributed by atoms with Crippen molar-refractivity contribution in [3.05, 3.63) is 78.6 Å². The van der Waals surface area contributed by atoms with E-state index in [9.17, 15) is 13.5 Å². The number of thiazole rings is 1. The minimum absolute atomic E-state index is 0.00321. The largest absolute Gasteiger partial charge is 0.507 e. The fraction of sp³-hybridized carbons (Fsp3) is 0. The fourth-order valence-electron chi connectivity index (χ4n) is 2.93. The average Bonchev–Trinajstić information content (AvgIpc) is 3.21. The lowest BCUT2D eigenvalue weighted by Gasteiger charge is -2.16. The Labute approximate surface area is 166 Å². The molecule has 2 aromatic carbocycles. The fourth-order valence-corrected chi connectivity index (χ4v) is 5.15. The highest BCUT2D eigenvalue weighted by atomic mass is 32.2. The molecule has 0 amide bonds. The second-order valence-corrected chi connectivity index (χ2v) is 8.40. The summed E-state index contributed by atoms with van der Waals surface area (Å²) in [7, 11) is -4.00. The number of phenols is 1. The molecule has 0 aliphatic rings. The predicted molar refractivity (Wildman–Crippen MR) is 110 cm³/mol. The molecule has 140 valence electrons. The first-order valence-electron chi connectivity index (χ1n) is 8.30. The van der Waals surface area contributed by atoms with Gasteiger partial charge in [0.1, 0.15) is 10.6 Å². The SMILES string of the molecule is O=S(=O)(Nc1nccs1)c1c(-c2cccnc2)cccc1-c1ccccc1O. The Balaban J connectivity index is 1.99. The van der Waals surface area contributed by atoms with Crippen LogP contribution in [0.15, 0.2) is 83.5 Å². The summed E-state index contributed by atoms with van der Waals surface area (Å²) in [5.74, 6) is -0.00321. The van der Waals surface area contributed by atoms with E-state index in [0.717, 1.165) is 0 Å². The zero-order chi connectivity index (χ0) is 19.6. The molecule has 0 saturated heterocycles. The minimum atomic E-state index is -4.00. The van der Waals surface area contributed by atoms with E-state index in [1.807, 2.05) is 0 Å². The number of aromatic hydroxyl groups is 1. The van der Waals surface area contributed by atoms with E-state index in [1.54, 1.807) is 66.3 Å². The van der Waals surface area contributed by atoms with E-state index in [2.05, 4.69) is 14.7 Å². The van der Waals surface area contributed by atoms with Gasteiger partial charge in [0.2, 0.25) is 0 Å². The van der Waals surface area contributed by atoms with Crippen LogP contribution in [0.4, 0.5) is 5.13 Å². The van der Waals surface area contributed by atoms with Crippen LogP contribution >= 0.6 is 11.3 Å². The van der Waals surface area contributed by atoms with Gasteiger partial charge in [-0.25, -0.2) is 13.4 Å². The number of sulfonamides is 1. The van der Waals surface area contributed by atoms with E-state index in [1.165, 1.54) is 23.6 Å². The van der Waals surface area contributed by atoms with Crippen molar-refractivity contribution in [1.29, 1.82) is 0 Å². The van der Waals surface area contributed by atoms with Crippen LogP contribution in [0.2, 0.25) is 0 Å². The molecule has 8 heteroatoms. The molecule has 2 N–H and O–H groups in total. The van der Waals surface area contributed by atoms with Crippen molar-refractivity contribution in [3.8, 4) is 28.0 Å². The maximum absolute atomic E-state index is 13.4. The van der Waals surface area contributed by atoms with Gasteiger partial charge in [-0.05, 0) is 12.1 Å². The summed E-state index contributed by atoms with van der Waals surface area (Å²) in [5.41, 5.74) is 1.95. The topological polar surface area (TPSA) is 92.2 Å². The number of pyridine rings is 1. The van der Waals surface area contributed by atoms with E-state index < -0.39 is 10.0 Å². The van der Waals surface area contributed by atoms with E-state index in [-0.39, 0.29) is 15.8 Å². The Bertz CT molecular complexity index is 1210. The van der Waals surface area contributed by atoms with Crippen molar-refractivity contribution < 1.29 is 13.5 Å². The van der Waals surface area contributed by atoms with Crippen molar-refractivity contribution in [2.45, 2.75) is 4.90 Å². The molecule has 2 aromatic heterocycles. The Morgan fingerprint density at radius 1 is 0.893 bits per heavy atom. The highest BCUT2D eigenvalue weighted by Crippen LogP contribution is 2.39. The van der Waals surface area contributed by atoms with E-state index in [0.29, 0.717) is 22.3 Å². The number of phenolic OH excluding ortho intramolecular Hbond substituents is 1. The molecule has 28 heavy (non-hydrogen) atoms. The van der Waals surface area contributed by atoms with Gasteiger partial charge in [0, 0.05) is 46.2 Å². The molecule has 0 spiro atoms. The number of hydrogen-bond acceptors (Lipinski definition) is 6. The number of benzene rings is 2. The standard InChI is InChI=1S/C20H15N3O3S2/c24-18-9-2-1-6-16(18)17-8-3-7-15(14-5-4-10-21-13-14)19(17)28(25,26)23-20-22-11-12-27-20/h1-13,24H,(H,22,23). The molecule has 0 saturated carbocycles. The summed E-state index contributed by atoms with van der Waals surface area (Å²) in [6.07, 6.45) is 4.75. The second kappa shape index (κ2) is 7.41. The highest BCUT2D eigenvalue weighted by molar-refractivity contribution is 7.93. The molecule has 0 unspecified atom stereocenters. The number of nitrogens with one attached hydrogen (secondary N) is 1. The molecule has 4 aromatic rings. The first kappa shape index (κ1) is 18.1. The molecule has 0 aliphatic carbocycles. The molecule has 2 heterocycles. The Kier molecular flexibility index (Phi) is 4.81. The van der Waals surface area contributed by atoms with Gasteiger partial charge in [-0.3, -0.25) is 9.71 Å². The number of rotatable bonds is 5. The van der Waals surface area contributed by atoms with Gasteiger partial charge in [-0.15, -0.1) is 11.3 Å². The van der Waals surface area contributed by atoms with Crippen LogP contribution in [0.3, 0.4) is 0 Å². The summed E-state index contributed by atoms with van der Waals surface area (Å²) in [6.45, 7) is 0. The molecule has 6 nitrogen and oxygen atoms in total. The third-order valence-electron chi connectivity index (χ3n) is 4.10. The monoisotopic (exact) mass is 409 g/mol. The zero-order valence-corrected chi connectivity index (χ0v) is 16.1. The summed E-state index contributed by atoms with van der Waals surface area (Å²) in [5, 5.41) is 12.3. The number of aromatic nitrogens is 2. The lowest BCUT2D eigenvalue weighted by atomic mass is 9.99. The van der Waals surface area contributed by atoms with Gasteiger partial charge in [-0.2, -0.15) is 0 Å². The summed E-state index contributed by atoms with van der Waals surface area (Å²) < 4.78 is 29.2. The number of hydrogen-bond donors (Lipinski definition) is 2. The second-order valence-electron chi connectivity index (χ2n) is 5.88. The van der Waals surface area contributed by atoms with Crippen LogP contribution in [-0.2, 0) is 10.0 Å². The van der Waals surface area contributed by atoms with Crippen molar-refractivity contribution >= 4 is 26.5 Å². The first-order valence-corrected chi connectivity index (χ1v) is 10.7. The normalized spacial score (nSPS) is 11.3. The van der Waals surface area contributed by atoms with Crippen LogP contribution in [0.5, 0.6) is 5.75 Å². The van der Waals surface area contributed by atoms with E-state index >= 15 is 0 Å². The van der Waals surface area contributed by atoms with Crippen molar-refractivity contribution in [2.24, 2.45) is 0 Å². The quantitative estimate of drug-likeness (QED) is 0.510. The summed E-state index contributed by atoms with van der Waals surface area (Å²) >= 11 is 1.19. The minimum Gasteiger partial charge on any atom is -0.507 e. The van der Waals surface area contributed by atoms with Gasteiger partial charge in [0.25, 0.3) is 10.0 Å².